The molecule has 21 heavy (non-hydrogen) atoms. The van der Waals surface area contributed by atoms with Gasteiger partial charge in [0.15, 0.2) is 0 Å². The van der Waals surface area contributed by atoms with Gasteiger partial charge in [-0.1, -0.05) is 13.8 Å². The first kappa shape index (κ1) is 15.5. The van der Waals surface area contributed by atoms with Crippen LogP contribution in [0.5, 0.6) is 0 Å². The van der Waals surface area contributed by atoms with Gasteiger partial charge in [-0.15, -0.1) is 0 Å². The zero-order valence-electron chi connectivity index (χ0n) is 12.5. The highest BCUT2D eigenvalue weighted by Crippen LogP contribution is 2.32. The lowest BCUT2D eigenvalue weighted by Gasteiger charge is -2.32. The zero-order valence-corrected chi connectivity index (χ0v) is 12.5. The Morgan fingerprint density at radius 1 is 1.29 bits per heavy atom. The Kier molecular flexibility index (Phi) is 4.30. The fourth-order valence-corrected chi connectivity index (χ4v) is 2.32. The van der Waals surface area contributed by atoms with E-state index in [-0.39, 0.29) is 35.0 Å². The van der Waals surface area contributed by atoms with Crippen molar-refractivity contribution in [3.05, 3.63) is 35.1 Å². The minimum absolute atomic E-state index is 0.0172. The third-order valence-electron chi connectivity index (χ3n) is 4.02. The molecule has 0 bridgehead atoms. The lowest BCUT2D eigenvalue weighted by Crippen LogP contribution is -2.43. The standard InChI is InChI=1S/C16H20FNO3/c1-9(2)10(3)18(12-5-6-12)15(19)13-7-4-11(16(20)21)8-14(13)17/h4,7-10,12H,5-6H2,1-3H3,(H,20,21). The number of rotatable bonds is 5. The van der Waals surface area contributed by atoms with Gasteiger partial charge in [-0.05, 0) is 43.9 Å². The maximum absolute atomic E-state index is 14.1. The molecule has 4 nitrogen and oxygen atoms in total. The number of amides is 1. The summed E-state index contributed by atoms with van der Waals surface area (Å²) in [5, 5.41) is 8.85. The van der Waals surface area contributed by atoms with Crippen molar-refractivity contribution in [3.63, 3.8) is 0 Å². The molecule has 1 atom stereocenters. The molecule has 0 aliphatic heterocycles. The van der Waals surface area contributed by atoms with Crippen LogP contribution in [0.2, 0.25) is 0 Å². The molecule has 5 heteroatoms. The second kappa shape index (κ2) is 5.84. The van der Waals surface area contributed by atoms with Crippen molar-refractivity contribution in [3.8, 4) is 0 Å². The van der Waals surface area contributed by atoms with Crippen LogP contribution >= 0.6 is 0 Å². The smallest absolute Gasteiger partial charge is 0.335 e. The van der Waals surface area contributed by atoms with Crippen molar-refractivity contribution in [1.82, 2.24) is 4.90 Å². The molecule has 0 heterocycles. The van der Waals surface area contributed by atoms with E-state index in [0.29, 0.717) is 0 Å². The third kappa shape index (κ3) is 3.23. The number of carbonyl (C=O) groups excluding carboxylic acids is 1. The Balaban J connectivity index is 2.31. The van der Waals surface area contributed by atoms with E-state index in [0.717, 1.165) is 18.9 Å². The molecule has 1 aromatic rings. The quantitative estimate of drug-likeness (QED) is 0.907. The highest BCUT2D eigenvalue weighted by atomic mass is 19.1. The molecule has 1 unspecified atom stereocenters. The van der Waals surface area contributed by atoms with E-state index in [1.807, 2.05) is 20.8 Å². The van der Waals surface area contributed by atoms with Crippen molar-refractivity contribution in [2.24, 2.45) is 5.92 Å². The lowest BCUT2D eigenvalue weighted by molar-refractivity contribution is 0.0620. The van der Waals surface area contributed by atoms with Crippen LogP contribution in [0, 0.1) is 11.7 Å². The van der Waals surface area contributed by atoms with Gasteiger partial charge in [0.1, 0.15) is 5.82 Å². The van der Waals surface area contributed by atoms with Crippen LogP contribution in [0.4, 0.5) is 4.39 Å². The van der Waals surface area contributed by atoms with E-state index >= 15 is 0 Å². The molecular formula is C16H20FNO3. The van der Waals surface area contributed by atoms with Gasteiger partial charge in [-0.3, -0.25) is 4.79 Å². The van der Waals surface area contributed by atoms with E-state index in [4.69, 9.17) is 5.11 Å². The Bertz CT molecular complexity index is 567. The number of benzene rings is 1. The van der Waals surface area contributed by atoms with Crippen LogP contribution in [-0.2, 0) is 0 Å². The summed E-state index contributed by atoms with van der Waals surface area (Å²) in [6, 6.07) is 3.63. The van der Waals surface area contributed by atoms with Crippen LogP contribution in [0.15, 0.2) is 18.2 Å². The fraction of sp³-hybridized carbons (Fsp3) is 0.500. The molecular weight excluding hydrogens is 273 g/mol. The van der Waals surface area contributed by atoms with E-state index in [1.165, 1.54) is 12.1 Å². The fourth-order valence-electron chi connectivity index (χ4n) is 2.32. The number of nitrogens with zero attached hydrogens (tertiary/aromatic N) is 1. The number of aromatic carboxylic acids is 1. The highest BCUT2D eigenvalue weighted by Gasteiger charge is 2.37. The number of carboxylic acid groups (broad SMARTS) is 1. The molecule has 1 aliphatic carbocycles. The maximum atomic E-state index is 14.1. The third-order valence-corrected chi connectivity index (χ3v) is 4.02. The van der Waals surface area contributed by atoms with Crippen molar-refractivity contribution in [1.29, 1.82) is 0 Å². The van der Waals surface area contributed by atoms with Crippen molar-refractivity contribution < 1.29 is 19.1 Å². The SMILES string of the molecule is CC(C)C(C)N(C(=O)c1ccc(C(=O)O)cc1F)C1CC1. The minimum Gasteiger partial charge on any atom is -0.478 e. The van der Waals surface area contributed by atoms with Gasteiger partial charge in [0.05, 0.1) is 11.1 Å². The summed E-state index contributed by atoms with van der Waals surface area (Å²) in [5.74, 6) is -2.06. The summed E-state index contributed by atoms with van der Waals surface area (Å²) < 4.78 is 14.1. The highest BCUT2D eigenvalue weighted by molar-refractivity contribution is 5.96. The predicted molar refractivity (Wildman–Crippen MR) is 76.9 cm³/mol. The van der Waals surface area contributed by atoms with Gasteiger partial charge in [0.25, 0.3) is 5.91 Å². The number of carboxylic acids is 1. The average molecular weight is 293 g/mol. The number of hydrogen-bond acceptors (Lipinski definition) is 2. The van der Waals surface area contributed by atoms with Crippen LogP contribution in [0.3, 0.4) is 0 Å². The number of hydrogen-bond donors (Lipinski definition) is 1. The Hall–Kier alpha value is -1.91. The molecule has 1 aromatic carbocycles. The molecule has 2 rings (SSSR count). The molecule has 0 spiro atoms. The molecule has 1 aliphatic rings. The second-order valence-electron chi connectivity index (χ2n) is 5.93. The van der Waals surface area contributed by atoms with Gasteiger partial charge < -0.3 is 10.0 Å². The average Bonchev–Trinajstić information content (AvgIpc) is 3.22. The lowest BCUT2D eigenvalue weighted by atomic mass is 10.0. The van der Waals surface area contributed by atoms with E-state index in [2.05, 4.69) is 0 Å². The number of carbonyl (C=O) groups is 2. The number of halogens is 1. The Labute approximate surface area is 123 Å². The second-order valence-corrected chi connectivity index (χ2v) is 5.93. The molecule has 1 fully saturated rings. The van der Waals surface area contributed by atoms with Crippen LogP contribution in [-0.4, -0.2) is 34.0 Å². The van der Waals surface area contributed by atoms with Crippen molar-refractivity contribution in [2.75, 3.05) is 0 Å². The van der Waals surface area contributed by atoms with Gasteiger partial charge in [0.2, 0.25) is 0 Å². The molecule has 1 saturated carbocycles. The minimum atomic E-state index is -1.21. The summed E-state index contributed by atoms with van der Waals surface area (Å²) in [6.07, 6.45) is 1.88. The summed E-state index contributed by atoms with van der Waals surface area (Å²) in [4.78, 5) is 25.2. The monoisotopic (exact) mass is 293 g/mol. The summed E-state index contributed by atoms with van der Waals surface area (Å²) >= 11 is 0. The first-order valence-electron chi connectivity index (χ1n) is 7.18. The molecule has 1 amide bonds. The van der Waals surface area contributed by atoms with Gasteiger partial charge in [-0.25, -0.2) is 9.18 Å². The van der Waals surface area contributed by atoms with E-state index < -0.39 is 11.8 Å². The van der Waals surface area contributed by atoms with Gasteiger partial charge in [0, 0.05) is 12.1 Å². The first-order valence-corrected chi connectivity index (χ1v) is 7.18. The van der Waals surface area contributed by atoms with Crippen molar-refractivity contribution >= 4 is 11.9 Å². The summed E-state index contributed by atoms with van der Waals surface area (Å²) in [6.45, 7) is 6.01. The van der Waals surface area contributed by atoms with E-state index in [9.17, 15) is 14.0 Å². The van der Waals surface area contributed by atoms with Crippen LogP contribution < -0.4 is 0 Å². The summed E-state index contributed by atoms with van der Waals surface area (Å²) in [7, 11) is 0. The molecule has 114 valence electrons. The zero-order chi connectivity index (χ0) is 15.7. The van der Waals surface area contributed by atoms with Crippen molar-refractivity contribution in [2.45, 2.75) is 45.7 Å². The van der Waals surface area contributed by atoms with E-state index in [1.54, 1.807) is 4.90 Å². The molecule has 0 saturated heterocycles. The van der Waals surface area contributed by atoms with Gasteiger partial charge in [-0.2, -0.15) is 0 Å². The predicted octanol–water partition coefficient (Wildman–Crippen LogP) is 3.17. The van der Waals surface area contributed by atoms with Gasteiger partial charge >= 0.3 is 5.97 Å². The topological polar surface area (TPSA) is 57.6 Å². The van der Waals surface area contributed by atoms with Crippen LogP contribution in [0.1, 0.15) is 54.3 Å². The Morgan fingerprint density at radius 2 is 1.90 bits per heavy atom. The largest absolute Gasteiger partial charge is 0.478 e. The molecule has 1 N–H and O–H groups in total. The Morgan fingerprint density at radius 3 is 2.33 bits per heavy atom. The molecule has 0 radical (unpaired) electrons. The van der Waals surface area contributed by atoms with Crippen LogP contribution in [0.25, 0.3) is 0 Å². The first-order chi connectivity index (χ1) is 9.82. The molecule has 0 aromatic heterocycles. The normalized spacial score (nSPS) is 15.9. The summed E-state index contributed by atoms with van der Waals surface area (Å²) in [5.41, 5.74) is -0.210. The maximum Gasteiger partial charge on any atom is 0.335 e.